The van der Waals surface area contributed by atoms with Gasteiger partial charge in [-0.15, -0.1) is 0 Å². The number of anilines is 2. The van der Waals surface area contributed by atoms with Crippen molar-refractivity contribution in [1.82, 2.24) is 4.98 Å². The summed E-state index contributed by atoms with van der Waals surface area (Å²) in [7, 11) is 0. The lowest BCUT2D eigenvalue weighted by Gasteiger charge is -2.30. The molecule has 0 spiro atoms. The van der Waals surface area contributed by atoms with E-state index >= 15 is 0 Å². The fourth-order valence-electron chi connectivity index (χ4n) is 1.36. The van der Waals surface area contributed by atoms with Gasteiger partial charge in [-0.2, -0.15) is 5.26 Å². The van der Waals surface area contributed by atoms with Crippen molar-refractivity contribution in [3.05, 3.63) is 17.8 Å². The van der Waals surface area contributed by atoms with E-state index in [0.717, 1.165) is 0 Å². The maximum atomic E-state index is 9.30. The van der Waals surface area contributed by atoms with Crippen LogP contribution in [0.2, 0.25) is 0 Å². The van der Waals surface area contributed by atoms with Crippen LogP contribution in [0, 0.1) is 11.3 Å². The van der Waals surface area contributed by atoms with E-state index in [1.807, 2.05) is 13.0 Å². The first kappa shape index (κ1) is 13.2. The second-order valence-corrected chi connectivity index (χ2v) is 3.85. The molecule has 0 aliphatic heterocycles. The summed E-state index contributed by atoms with van der Waals surface area (Å²) in [6.07, 6.45) is 1.91. The first-order valence-corrected chi connectivity index (χ1v) is 5.26. The molecule has 5 N–H and O–H groups in total. The van der Waals surface area contributed by atoms with Crippen LogP contribution in [0.15, 0.2) is 12.3 Å². The molecule has 0 aromatic carbocycles. The van der Waals surface area contributed by atoms with Crippen LogP contribution in [0.3, 0.4) is 0 Å². The summed E-state index contributed by atoms with van der Waals surface area (Å²) in [5.41, 5.74) is 5.32. The zero-order chi connectivity index (χ0) is 12.9. The molecular formula is C11H16N4O2. The van der Waals surface area contributed by atoms with Gasteiger partial charge in [0.15, 0.2) is 0 Å². The lowest BCUT2D eigenvalue weighted by Crippen LogP contribution is -2.45. The third-order valence-electron chi connectivity index (χ3n) is 2.69. The first-order valence-electron chi connectivity index (χ1n) is 5.26. The predicted octanol–water partition coefficient (Wildman–Crippen LogP) is 0.0808. The van der Waals surface area contributed by atoms with Crippen LogP contribution in [0.5, 0.6) is 0 Å². The van der Waals surface area contributed by atoms with E-state index in [1.165, 1.54) is 12.3 Å². The molecule has 6 heteroatoms. The number of hydrogen-bond donors (Lipinski definition) is 4. The quantitative estimate of drug-likeness (QED) is 0.575. The number of aliphatic hydroxyl groups excluding tert-OH is 2. The molecule has 1 aromatic rings. The average molecular weight is 236 g/mol. The number of pyridine rings is 1. The second-order valence-electron chi connectivity index (χ2n) is 3.85. The van der Waals surface area contributed by atoms with Crippen LogP contribution >= 0.6 is 0 Å². The van der Waals surface area contributed by atoms with Gasteiger partial charge in [-0.3, -0.25) is 0 Å². The normalized spacial score (nSPS) is 10.9. The summed E-state index contributed by atoms with van der Waals surface area (Å²) in [6.45, 7) is 1.32. The van der Waals surface area contributed by atoms with Gasteiger partial charge in [-0.05, 0) is 12.5 Å². The molecule has 0 unspecified atom stereocenters. The molecule has 0 fully saturated rings. The number of aromatic nitrogens is 1. The van der Waals surface area contributed by atoms with Crippen molar-refractivity contribution in [2.75, 3.05) is 24.3 Å². The summed E-state index contributed by atoms with van der Waals surface area (Å²) in [5.74, 6) is 0.312. The van der Waals surface area contributed by atoms with E-state index in [4.69, 9.17) is 11.0 Å². The Balaban J connectivity index is 3.06. The third-order valence-corrected chi connectivity index (χ3v) is 2.69. The van der Waals surface area contributed by atoms with Crippen LogP contribution in [0.25, 0.3) is 0 Å². The van der Waals surface area contributed by atoms with Crippen LogP contribution < -0.4 is 11.1 Å². The molecule has 0 aliphatic rings. The first-order chi connectivity index (χ1) is 8.10. The molecule has 1 aromatic heterocycles. The van der Waals surface area contributed by atoms with E-state index in [2.05, 4.69) is 10.3 Å². The average Bonchev–Trinajstić information content (AvgIpc) is 2.37. The predicted molar refractivity (Wildman–Crippen MR) is 64.2 cm³/mol. The van der Waals surface area contributed by atoms with Gasteiger partial charge in [0.05, 0.1) is 36.2 Å². The number of nitriles is 1. The second kappa shape index (κ2) is 5.48. The largest absolute Gasteiger partial charge is 0.397 e. The molecule has 0 saturated carbocycles. The maximum absolute atomic E-state index is 9.30. The van der Waals surface area contributed by atoms with Gasteiger partial charge in [-0.1, -0.05) is 6.92 Å². The summed E-state index contributed by atoms with van der Waals surface area (Å²) in [6, 6.07) is 3.45. The summed E-state index contributed by atoms with van der Waals surface area (Å²) in [5, 5.41) is 30.4. The summed E-state index contributed by atoms with van der Waals surface area (Å²) in [4.78, 5) is 4.00. The van der Waals surface area contributed by atoms with E-state index in [-0.39, 0.29) is 18.8 Å². The Morgan fingerprint density at radius 1 is 1.53 bits per heavy atom. The highest BCUT2D eigenvalue weighted by atomic mass is 16.3. The van der Waals surface area contributed by atoms with Crippen molar-refractivity contribution in [3.8, 4) is 6.07 Å². The fraction of sp³-hybridized carbons (Fsp3) is 0.455. The zero-order valence-corrected chi connectivity index (χ0v) is 9.64. The minimum Gasteiger partial charge on any atom is -0.397 e. The van der Waals surface area contributed by atoms with Gasteiger partial charge in [0.2, 0.25) is 0 Å². The highest BCUT2D eigenvalue weighted by Crippen LogP contribution is 2.21. The third kappa shape index (κ3) is 2.84. The van der Waals surface area contributed by atoms with E-state index in [9.17, 15) is 10.2 Å². The highest BCUT2D eigenvalue weighted by Gasteiger charge is 2.27. The van der Waals surface area contributed by atoms with Crippen LogP contribution in [-0.2, 0) is 0 Å². The number of hydrogen-bond acceptors (Lipinski definition) is 6. The van der Waals surface area contributed by atoms with Crippen LogP contribution in [-0.4, -0.2) is 33.9 Å². The monoisotopic (exact) mass is 236 g/mol. The van der Waals surface area contributed by atoms with Crippen LogP contribution in [0.4, 0.5) is 11.5 Å². The number of nitrogens with one attached hydrogen (secondary N) is 1. The molecule has 0 aliphatic carbocycles. The Bertz CT molecular complexity index is 416. The Hall–Kier alpha value is -1.84. The Morgan fingerprint density at radius 3 is 2.65 bits per heavy atom. The zero-order valence-electron chi connectivity index (χ0n) is 9.64. The SMILES string of the molecule is CCC(CO)(CO)Nc1ncc(N)cc1C#N. The van der Waals surface area contributed by atoms with Crippen molar-refractivity contribution in [3.63, 3.8) is 0 Å². The molecule has 0 atom stereocenters. The molecule has 1 rings (SSSR count). The Kier molecular flexibility index (Phi) is 4.26. The lowest BCUT2D eigenvalue weighted by molar-refractivity contribution is 0.132. The van der Waals surface area contributed by atoms with Crippen molar-refractivity contribution in [2.24, 2.45) is 0 Å². The van der Waals surface area contributed by atoms with Crippen molar-refractivity contribution < 1.29 is 10.2 Å². The molecule has 1 heterocycles. The smallest absolute Gasteiger partial charge is 0.144 e. The minimum atomic E-state index is -0.880. The molecule has 6 nitrogen and oxygen atoms in total. The molecule has 92 valence electrons. The number of nitrogen functional groups attached to an aromatic ring is 1. The molecular weight excluding hydrogens is 220 g/mol. The van der Waals surface area contributed by atoms with E-state index in [0.29, 0.717) is 17.9 Å². The van der Waals surface area contributed by atoms with Gasteiger partial charge in [-0.25, -0.2) is 4.98 Å². The molecule has 0 saturated heterocycles. The van der Waals surface area contributed by atoms with Gasteiger partial charge >= 0.3 is 0 Å². The van der Waals surface area contributed by atoms with E-state index < -0.39 is 5.54 Å². The molecule has 0 amide bonds. The Labute approximate surface area is 99.7 Å². The minimum absolute atomic E-state index is 0.253. The molecule has 17 heavy (non-hydrogen) atoms. The van der Waals surface area contributed by atoms with Crippen molar-refractivity contribution >= 4 is 11.5 Å². The molecule has 0 bridgehead atoms. The number of rotatable bonds is 5. The van der Waals surface area contributed by atoms with Gasteiger partial charge in [0.1, 0.15) is 11.9 Å². The summed E-state index contributed by atoms with van der Waals surface area (Å²) >= 11 is 0. The van der Waals surface area contributed by atoms with Crippen molar-refractivity contribution in [2.45, 2.75) is 18.9 Å². The Morgan fingerprint density at radius 2 is 2.18 bits per heavy atom. The number of aliphatic hydroxyl groups is 2. The topological polar surface area (TPSA) is 115 Å². The standard InChI is InChI=1S/C11H16N4O2/c1-2-11(6-16,7-17)15-10-8(4-12)3-9(13)5-14-10/h3,5,16-17H,2,6-7,13H2,1H3,(H,14,15). The lowest BCUT2D eigenvalue weighted by atomic mass is 9.98. The highest BCUT2D eigenvalue weighted by molar-refractivity contribution is 5.58. The van der Waals surface area contributed by atoms with Crippen molar-refractivity contribution in [1.29, 1.82) is 5.26 Å². The van der Waals surface area contributed by atoms with Gasteiger partial charge < -0.3 is 21.3 Å². The number of nitrogens with zero attached hydrogens (tertiary/aromatic N) is 2. The fourth-order valence-corrected chi connectivity index (χ4v) is 1.36. The van der Waals surface area contributed by atoms with Crippen LogP contribution in [0.1, 0.15) is 18.9 Å². The molecule has 0 radical (unpaired) electrons. The maximum Gasteiger partial charge on any atom is 0.144 e. The van der Waals surface area contributed by atoms with Gasteiger partial charge in [0, 0.05) is 0 Å². The van der Waals surface area contributed by atoms with E-state index in [1.54, 1.807) is 0 Å². The van der Waals surface area contributed by atoms with Gasteiger partial charge in [0.25, 0.3) is 0 Å². The summed E-state index contributed by atoms with van der Waals surface area (Å²) < 4.78 is 0. The number of nitrogens with two attached hydrogens (primary N) is 1.